The average Bonchev–Trinajstić information content (AvgIpc) is 2.70. The van der Waals surface area contributed by atoms with Crippen molar-refractivity contribution in [3.05, 3.63) is 59.9 Å². The van der Waals surface area contributed by atoms with Crippen molar-refractivity contribution in [1.82, 2.24) is 15.2 Å². The molecule has 6 nitrogen and oxygen atoms in total. The standard InChI is InChI=1S/C19H23N3O3/c1-24-17-4-2-15(3-5-17)18(22-10-12-25-13-11-22)14-21-19(23)16-6-8-20-9-7-16/h2-9,18H,10-14H2,1H3,(H,21,23)/t18-/m1/s1. The molecule has 1 N–H and O–H groups in total. The van der Waals surface area contributed by atoms with Crippen molar-refractivity contribution in [1.29, 1.82) is 0 Å². The highest BCUT2D eigenvalue weighted by Gasteiger charge is 2.23. The van der Waals surface area contributed by atoms with E-state index in [1.165, 1.54) is 0 Å². The van der Waals surface area contributed by atoms with E-state index >= 15 is 0 Å². The molecule has 1 aliphatic heterocycles. The molecule has 1 saturated heterocycles. The number of nitrogens with zero attached hydrogens (tertiary/aromatic N) is 2. The molecule has 0 bridgehead atoms. The molecule has 1 amide bonds. The Labute approximate surface area is 147 Å². The minimum absolute atomic E-state index is 0.0887. The van der Waals surface area contributed by atoms with Crippen molar-refractivity contribution in [3.63, 3.8) is 0 Å². The highest BCUT2D eigenvalue weighted by atomic mass is 16.5. The van der Waals surface area contributed by atoms with Gasteiger partial charge in [0.05, 0.1) is 26.4 Å². The van der Waals surface area contributed by atoms with Crippen molar-refractivity contribution in [3.8, 4) is 5.75 Å². The second kappa shape index (κ2) is 8.60. The van der Waals surface area contributed by atoms with Crippen LogP contribution < -0.4 is 10.1 Å². The van der Waals surface area contributed by atoms with Gasteiger partial charge in [-0.05, 0) is 29.8 Å². The number of morpholine rings is 1. The Kier molecular flexibility index (Phi) is 5.98. The number of aromatic nitrogens is 1. The Hall–Kier alpha value is -2.44. The van der Waals surface area contributed by atoms with Gasteiger partial charge < -0.3 is 14.8 Å². The van der Waals surface area contributed by atoms with Crippen LogP contribution in [0.3, 0.4) is 0 Å². The number of amides is 1. The first-order valence-electron chi connectivity index (χ1n) is 8.42. The van der Waals surface area contributed by atoms with E-state index in [2.05, 4.69) is 27.3 Å². The Morgan fingerprint density at radius 3 is 2.52 bits per heavy atom. The van der Waals surface area contributed by atoms with Crippen LogP contribution in [-0.2, 0) is 4.74 Å². The monoisotopic (exact) mass is 341 g/mol. The first-order chi connectivity index (χ1) is 12.3. The lowest BCUT2D eigenvalue weighted by Gasteiger charge is -2.35. The van der Waals surface area contributed by atoms with Gasteiger partial charge in [0.2, 0.25) is 0 Å². The summed E-state index contributed by atoms with van der Waals surface area (Å²) in [6, 6.07) is 11.5. The smallest absolute Gasteiger partial charge is 0.251 e. The molecule has 1 fully saturated rings. The molecular formula is C19H23N3O3. The van der Waals surface area contributed by atoms with Crippen LogP contribution in [-0.4, -0.2) is 55.7 Å². The van der Waals surface area contributed by atoms with Gasteiger partial charge in [0.15, 0.2) is 0 Å². The van der Waals surface area contributed by atoms with Gasteiger partial charge in [-0.15, -0.1) is 0 Å². The van der Waals surface area contributed by atoms with Gasteiger partial charge in [-0.25, -0.2) is 0 Å². The van der Waals surface area contributed by atoms with Crippen LogP contribution in [0.2, 0.25) is 0 Å². The van der Waals surface area contributed by atoms with Crippen molar-refractivity contribution < 1.29 is 14.3 Å². The molecule has 0 unspecified atom stereocenters. The van der Waals surface area contributed by atoms with Gasteiger partial charge in [-0.2, -0.15) is 0 Å². The lowest BCUT2D eigenvalue weighted by molar-refractivity contribution is 0.0162. The number of hydrogen-bond acceptors (Lipinski definition) is 5. The van der Waals surface area contributed by atoms with Crippen LogP contribution in [0.1, 0.15) is 22.0 Å². The fourth-order valence-corrected chi connectivity index (χ4v) is 2.97. The highest BCUT2D eigenvalue weighted by molar-refractivity contribution is 5.93. The van der Waals surface area contributed by atoms with E-state index in [0.29, 0.717) is 25.3 Å². The van der Waals surface area contributed by atoms with Crippen LogP contribution in [0.4, 0.5) is 0 Å². The third-order valence-corrected chi connectivity index (χ3v) is 4.39. The Balaban J connectivity index is 1.72. The third-order valence-electron chi connectivity index (χ3n) is 4.39. The van der Waals surface area contributed by atoms with Crippen molar-refractivity contribution >= 4 is 5.91 Å². The largest absolute Gasteiger partial charge is 0.497 e. The summed E-state index contributed by atoms with van der Waals surface area (Å²) in [6.07, 6.45) is 3.25. The predicted molar refractivity (Wildman–Crippen MR) is 94.7 cm³/mol. The normalized spacial score (nSPS) is 16.2. The van der Waals surface area contributed by atoms with E-state index in [4.69, 9.17) is 9.47 Å². The molecule has 25 heavy (non-hydrogen) atoms. The number of nitrogens with one attached hydrogen (secondary N) is 1. The summed E-state index contributed by atoms with van der Waals surface area (Å²) in [5.74, 6) is 0.736. The lowest BCUT2D eigenvalue weighted by atomic mass is 10.0. The molecule has 6 heteroatoms. The molecule has 0 spiro atoms. The Morgan fingerprint density at radius 2 is 1.88 bits per heavy atom. The van der Waals surface area contributed by atoms with Gasteiger partial charge in [0, 0.05) is 37.6 Å². The number of ether oxygens (including phenoxy) is 2. The molecule has 0 radical (unpaired) electrons. The number of carbonyl (C=O) groups excluding carboxylic acids is 1. The predicted octanol–water partition coefficient (Wildman–Crippen LogP) is 1.89. The van der Waals surface area contributed by atoms with Crippen LogP contribution in [0.15, 0.2) is 48.8 Å². The van der Waals surface area contributed by atoms with Crippen molar-refractivity contribution in [2.45, 2.75) is 6.04 Å². The number of benzene rings is 1. The molecule has 2 aromatic rings. The van der Waals surface area contributed by atoms with Gasteiger partial charge in [0.25, 0.3) is 5.91 Å². The molecule has 132 valence electrons. The summed E-state index contributed by atoms with van der Waals surface area (Å²) >= 11 is 0. The molecule has 3 rings (SSSR count). The van der Waals surface area contributed by atoms with E-state index in [0.717, 1.165) is 24.4 Å². The maximum absolute atomic E-state index is 12.4. The summed E-state index contributed by atoms with van der Waals surface area (Å²) in [5.41, 5.74) is 1.77. The average molecular weight is 341 g/mol. The molecule has 1 aliphatic rings. The van der Waals surface area contributed by atoms with E-state index in [1.54, 1.807) is 31.6 Å². The fourth-order valence-electron chi connectivity index (χ4n) is 2.97. The number of hydrogen-bond donors (Lipinski definition) is 1. The maximum Gasteiger partial charge on any atom is 0.251 e. The summed E-state index contributed by atoms with van der Waals surface area (Å²) in [5, 5.41) is 3.04. The Morgan fingerprint density at radius 1 is 1.20 bits per heavy atom. The van der Waals surface area contributed by atoms with Crippen LogP contribution in [0, 0.1) is 0 Å². The van der Waals surface area contributed by atoms with E-state index in [1.807, 2.05) is 12.1 Å². The van der Waals surface area contributed by atoms with Gasteiger partial charge in [-0.1, -0.05) is 12.1 Å². The summed E-state index contributed by atoms with van der Waals surface area (Å²) < 4.78 is 10.7. The minimum atomic E-state index is -0.0887. The summed E-state index contributed by atoms with van der Waals surface area (Å²) in [7, 11) is 1.66. The first-order valence-corrected chi connectivity index (χ1v) is 8.42. The maximum atomic E-state index is 12.4. The van der Waals surface area contributed by atoms with E-state index < -0.39 is 0 Å². The summed E-state index contributed by atoms with van der Waals surface area (Å²) in [4.78, 5) is 18.7. The van der Waals surface area contributed by atoms with Crippen molar-refractivity contribution in [2.24, 2.45) is 0 Å². The SMILES string of the molecule is COc1ccc([C@@H](CNC(=O)c2ccncc2)N2CCOCC2)cc1. The Bertz CT molecular complexity index is 670. The number of methoxy groups -OCH3 is 1. The van der Waals surface area contributed by atoms with E-state index in [-0.39, 0.29) is 11.9 Å². The number of rotatable bonds is 6. The fraction of sp³-hybridized carbons (Fsp3) is 0.368. The molecule has 1 aromatic heterocycles. The van der Waals surface area contributed by atoms with Gasteiger partial charge in [-0.3, -0.25) is 14.7 Å². The topological polar surface area (TPSA) is 63.7 Å². The molecular weight excluding hydrogens is 318 g/mol. The van der Waals surface area contributed by atoms with Crippen LogP contribution in [0.5, 0.6) is 5.75 Å². The highest BCUT2D eigenvalue weighted by Crippen LogP contribution is 2.23. The number of carbonyl (C=O) groups is 1. The molecule has 1 aromatic carbocycles. The van der Waals surface area contributed by atoms with E-state index in [9.17, 15) is 4.79 Å². The lowest BCUT2D eigenvalue weighted by Crippen LogP contribution is -2.43. The molecule has 1 atom stereocenters. The van der Waals surface area contributed by atoms with Crippen LogP contribution >= 0.6 is 0 Å². The second-order valence-electron chi connectivity index (χ2n) is 5.88. The minimum Gasteiger partial charge on any atom is -0.497 e. The third kappa shape index (κ3) is 4.55. The zero-order valence-electron chi connectivity index (χ0n) is 14.4. The quantitative estimate of drug-likeness (QED) is 0.869. The van der Waals surface area contributed by atoms with Gasteiger partial charge >= 0.3 is 0 Å². The molecule has 0 aliphatic carbocycles. The molecule has 0 saturated carbocycles. The zero-order chi connectivity index (χ0) is 17.5. The number of pyridine rings is 1. The molecule has 2 heterocycles. The second-order valence-corrected chi connectivity index (χ2v) is 5.88. The summed E-state index contributed by atoms with van der Waals surface area (Å²) in [6.45, 7) is 3.66. The first kappa shape index (κ1) is 17.4. The zero-order valence-corrected chi connectivity index (χ0v) is 14.4. The van der Waals surface area contributed by atoms with Gasteiger partial charge in [0.1, 0.15) is 5.75 Å². The van der Waals surface area contributed by atoms with Crippen molar-refractivity contribution in [2.75, 3.05) is 40.0 Å². The van der Waals surface area contributed by atoms with Crippen LogP contribution in [0.25, 0.3) is 0 Å².